The second-order valence-electron chi connectivity index (χ2n) is 4.57. The van der Waals surface area contributed by atoms with Gasteiger partial charge in [-0.25, -0.2) is 9.97 Å². The number of aromatic nitrogens is 2. The van der Waals surface area contributed by atoms with Crippen LogP contribution in [0, 0.1) is 6.92 Å². The third-order valence-electron chi connectivity index (χ3n) is 2.79. The second-order valence-corrected chi connectivity index (χ2v) is 4.57. The SMILES string of the molecule is Cc1ncnc2c1NC(=NCCCN(C)C)C2. The Morgan fingerprint density at radius 2 is 2.24 bits per heavy atom. The summed E-state index contributed by atoms with van der Waals surface area (Å²) in [4.78, 5) is 15.2. The molecule has 1 aliphatic heterocycles. The highest BCUT2D eigenvalue weighted by molar-refractivity contribution is 6.02. The molecule has 0 unspecified atom stereocenters. The van der Waals surface area contributed by atoms with Gasteiger partial charge in [0.15, 0.2) is 0 Å². The summed E-state index contributed by atoms with van der Waals surface area (Å²) in [5.74, 6) is 1.02. The van der Waals surface area contributed by atoms with Gasteiger partial charge in [-0.1, -0.05) is 0 Å². The molecule has 5 nitrogen and oxygen atoms in total. The van der Waals surface area contributed by atoms with Crippen molar-refractivity contribution in [2.45, 2.75) is 19.8 Å². The Balaban J connectivity index is 1.91. The molecule has 0 radical (unpaired) electrons. The van der Waals surface area contributed by atoms with Crippen LogP contribution in [0.4, 0.5) is 5.69 Å². The van der Waals surface area contributed by atoms with Crippen LogP contribution in [0.2, 0.25) is 0 Å². The molecule has 0 amide bonds. The summed E-state index contributed by atoms with van der Waals surface area (Å²) in [5.41, 5.74) is 3.09. The van der Waals surface area contributed by atoms with E-state index in [1.54, 1.807) is 6.33 Å². The summed E-state index contributed by atoms with van der Waals surface area (Å²) in [7, 11) is 4.16. The minimum Gasteiger partial charge on any atom is -0.341 e. The van der Waals surface area contributed by atoms with Crippen LogP contribution in [0.3, 0.4) is 0 Å². The third-order valence-corrected chi connectivity index (χ3v) is 2.79. The number of nitrogens with zero attached hydrogens (tertiary/aromatic N) is 4. The highest BCUT2D eigenvalue weighted by Crippen LogP contribution is 2.22. The van der Waals surface area contributed by atoms with Crippen LogP contribution < -0.4 is 5.32 Å². The second kappa shape index (κ2) is 5.23. The molecule has 2 heterocycles. The van der Waals surface area contributed by atoms with Gasteiger partial charge in [0.1, 0.15) is 12.2 Å². The van der Waals surface area contributed by atoms with Crippen molar-refractivity contribution in [3.05, 3.63) is 17.7 Å². The average molecular weight is 233 g/mol. The predicted octanol–water partition coefficient (Wildman–Crippen LogP) is 1.10. The maximum absolute atomic E-state index is 4.56. The number of amidine groups is 1. The molecule has 0 aliphatic carbocycles. The molecular weight excluding hydrogens is 214 g/mol. The minimum atomic E-state index is 0.806. The molecule has 1 N–H and O–H groups in total. The number of aliphatic imine (C=N–C) groups is 1. The van der Waals surface area contributed by atoms with Crippen molar-refractivity contribution in [3.8, 4) is 0 Å². The fourth-order valence-corrected chi connectivity index (χ4v) is 1.86. The summed E-state index contributed by atoms with van der Waals surface area (Å²) in [5, 5.41) is 3.30. The standard InChI is InChI=1S/C12H19N5/c1-9-12-10(15-8-14-9)7-11(16-12)13-5-4-6-17(2)3/h8H,4-7H2,1-3H3,(H,13,16). The zero-order chi connectivity index (χ0) is 12.3. The number of rotatable bonds is 4. The Hall–Kier alpha value is -1.49. The first kappa shape index (κ1) is 12.0. The molecule has 1 aliphatic rings. The predicted molar refractivity (Wildman–Crippen MR) is 69.6 cm³/mol. The van der Waals surface area contributed by atoms with E-state index >= 15 is 0 Å². The van der Waals surface area contributed by atoms with Crippen LogP contribution in [0.15, 0.2) is 11.3 Å². The first-order chi connectivity index (χ1) is 8.16. The average Bonchev–Trinajstić information content (AvgIpc) is 2.69. The van der Waals surface area contributed by atoms with Gasteiger partial charge in [0.25, 0.3) is 0 Å². The summed E-state index contributed by atoms with van der Waals surface area (Å²) in [6, 6.07) is 0. The van der Waals surface area contributed by atoms with Crippen molar-refractivity contribution in [3.63, 3.8) is 0 Å². The van der Waals surface area contributed by atoms with E-state index in [-0.39, 0.29) is 0 Å². The third kappa shape index (κ3) is 3.00. The maximum atomic E-state index is 4.56. The Labute approximate surface area is 102 Å². The van der Waals surface area contributed by atoms with Gasteiger partial charge in [-0.15, -0.1) is 0 Å². The summed E-state index contributed by atoms with van der Waals surface area (Å²) < 4.78 is 0. The first-order valence-corrected chi connectivity index (χ1v) is 5.92. The molecule has 0 saturated heterocycles. The van der Waals surface area contributed by atoms with E-state index in [9.17, 15) is 0 Å². The fraction of sp³-hybridized carbons (Fsp3) is 0.583. The largest absolute Gasteiger partial charge is 0.341 e. The molecule has 92 valence electrons. The Bertz CT molecular complexity index is 425. The highest BCUT2D eigenvalue weighted by Gasteiger charge is 2.19. The van der Waals surface area contributed by atoms with Gasteiger partial charge >= 0.3 is 0 Å². The molecule has 0 spiro atoms. The van der Waals surface area contributed by atoms with Gasteiger partial charge < -0.3 is 10.2 Å². The Kier molecular flexibility index (Phi) is 3.68. The molecule has 0 aromatic carbocycles. The van der Waals surface area contributed by atoms with Crippen LogP contribution in [0.1, 0.15) is 17.8 Å². The summed E-state index contributed by atoms with van der Waals surface area (Å²) in [6.07, 6.45) is 3.50. The van der Waals surface area contributed by atoms with Crippen LogP contribution in [0.25, 0.3) is 0 Å². The lowest BCUT2D eigenvalue weighted by Gasteiger charge is -2.07. The van der Waals surface area contributed by atoms with E-state index in [1.165, 1.54) is 0 Å². The van der Waals surface area contributed by atoms with Gasteiger partial charge in [0, 0.05) is 13.0 Å². The van der Waals surface area contributed by atoms with Crippen LogP contribution in [-0.2, 0) is 6.42 Å². The van der Waals surface area contributed by atoms with Crippen molar-refractivity contribution < 1.29 is 0 Å². The van der Waals surface area contributed by atoms with E-state index in [0.29, 0.717) is 0 Å². The first-order valence-electron chi connectivity index (χ1n) is 5.92. The van der Waals surface area contributed by atoms with E-state index in [0.717, 1.165) is 48.8 Å². The highest BCUT2D eigenvalue weighted by atomic mass is 15.1. The number of fused-ring (bicyclic) bond motifs is 1. The lowest BCUT2D eigenvalue weighted by atomic mass is 10.3. The van der Waals surface area contributed by atoms with Crippen molar-refractivity contribution >= 4 is 11.5 Å². The maximum Gasteiger partial charge on any atom is 0.116 e. The molecule has 0 saturated carbocycles. The van der Waals surface area contributed by atoms with Crippen molar-refractivity contribution in [1.82, 2.24) is 14.9 Å². The lowest BCUT2D eigenvalue weighted by molar-refractivity contribution is 0.403. The molecule has 2 rings (SSSR count). The number of nitrogens with one attached hydrogen (secondary N) is 1. The van der Waals surface area contributed by atoms with E-state index in [4.69, 9.17) is 0 Å². The van der Waals surface area contributed by atoms with Gasteiger partial charge in [-0.3, -0.25) is 4.99 Å². The Morgan fingerprint density at radius 3 is 2.94 bits per heavy atom. The van der Waals surface area contributed by atoms with Crippen LogP contribution in [0.5, 0.6) is 0 Å². The van der Waals surface area contributed by atoms with Crippen molar-refractivity contribution in [2.24, 2.45) is 4.99 Å². The summed E-state index contributed by atoms with van der Waals surface area (Å²) in [6.45, 7) is 3.92. The molecule has 1 aromatic rings. The zero-order valence-electron chi connectivity index (χ0n) is 10.7. The van der Waals surface area contributed by atoms with E-state index in [2.05, 4.69) is 39.3 Å². The monoisotopic (exact) mass is 233 g/mol. The van der Waals surface area contributed by atoms with Crippen LogP contribution >= 0.6 is 0 Å². The molecular formula is C12H19N5. The molecule has 5 heteroatoms. The summed E-state index contributed by atoms with van der Waals surface area (Å²) >= 11 is 0. The Morgan fingerprint density at radius 1 is 1.41 bits per heavy atom. The molecule has 17 heavy (non-hydrogen) atoms. The topological polar surface area (TPSA) is 53.4 Å². The quantitative estimate of drug-likeness (QED) is 0.791. The van der Waals surface area contributed by atoms with Gasteiger partial charge in [-0.05, 0) is 34.0 Å². The van der Waals surface area contributed by atoms with Crippen molar-refractivity contribution in [1.29, 1.82) is 0 Å². The van der Waals surface area contributed by atoms with E-state index < -0.39 is 0 Å². The van der Waals surface area contributed by atoms with Crippen molar-refractivity contribution in [2.75, 3.05) is 32.5 Å². The molecule has 1 aromatic heterocycles. The fourth-order valence-electron chi connectivity index (χ4n) is 1.86. The van der Waals surface area contributed by atoms with E-state index in [1.807, 2.05) is 6.92 Å². The van der Waals surface area contributed by atoms with Gasteiger partial charge in [0.05, 0.1) is 17.1 Å². The lowest BCUT2D eigenvalue weighted by Crippen LogP contribution is -2.14. The molecule has 0 bridgehead atoms. The molecule has 0 atom stereocenters. The number of aryl methyl sites for hydroxylation is 1. The number of hydrogen-bond acceptors (Lipinski definition) is 4. The number of anilines is 1. The van der Waals surface area contributed by atoms with Crippen LogP contribution in [-0.4, -0.2) is 47.9 Å². The molecule has 0 fully saturated rings. The number of hydrogen-bond donors (Lipinski definition) is 1. The zero-order valence-corrected chi connectivity index (χ0v) is 10.7. The normalized spacial score (nSPS) is 16.4. The van der Waals surface area contributed by atoms with Gasteiger partial charge in [0.2, 0.25) is 0 Å². The minimum absolute atomic E-state index is 0.806. The van der Waals surface area contributed by atoms with Gasteiger partial charge in [-0.2, -0.15) is 0 Å². The smallest absolute Gasteiger partial charge is 0.116 e.